The average Bonchev–Trinajstić information content (AvgIpc) is 3.35. The smallest absolute Gasteiger partial charge is 0.269 e. The van der Waals surface area contributed by atoms with E-state index < -0.39 is 4.92 Å². The van der Waals surface area contributed by atoms with E-state index in [1.54, 1.807) is 26.2 Å². The van der Waals surface area contributed by atoms with Gasteiger partial charge in [-0.2, -0.15) is 5.10 Å². The number of nitro groups is 1. The van der Waals surface area contributed by atoms with Crippen LogP contribution in [0.3, 0.4) is 0 Å². The van der Waals surface area contributed by atoms with Crippen LogP contribution in [-0.2, 0) is 4.79 Å². The second-order valence-corrected chi connectivity index (χ2v) is 8.97. The van der Waals surface area contributed by atoms with Crippen LogP contribution in [0.25, 0.3) is 17.1 Å². The predicted octanol–water partition coefficient (Wildman–Crippen LogP) is 4.79. The zero-order valence-electron chi connectivity index (χ0n) is 20.4. The Morgan fingerprint density at radius 2 is 1.73 bits per heavy atom. The maximum Gasteiger partial charge on any atom is 0.269 e. The van der Waals surface area contributed by atoms with E-state index in [1.807, 2.05) is 60.0 Å². The number of non-ortho nitro benzene ring substituents is 1. The molecule has 11 heteroatoms. The van der Waals surface area contributed by atoms with E-state index in [1.165, 1.54) is 23.9 Å². The number of ether oxygens (including phenoxy) is 1. The van der Waals surface area contributed by atoms with Crippen LogP contribution in [0.4, 0.5) is 5.69 Å². The Morgan fingerprint density at radius 3 is 2.35 bits per heavy atom. The molecule has 1 amide bonds. The van der Waals surface area contributed by atoms with Crippen LogP contribution in [0.1, 0.15) is 18.1 Å². The summed E-state index contributed by atoms with van der Waals surface area (Å²) in [5.41, 5.74) is 6.57. The van der Waals surface area contributed by atoms with Gasteiger partial charge in [-0.05, 0) is 55.8 Å². The molecule has 0 radical (unpaired) electrons. The number of hydrogen-bond donors (Lipinski definition) is 1. The molecule has 10 nitrogen and oxygen atoms in total. The number of hydrazone groups is 1. The fourth-order valence-electron chi connectivity index (χ4n) is 3.41. The van der Waals surface area contributed by atoms with Crippen LogP contribution in [0.2, 0.25) is 0 Å². The monoisotopic (exact) mass is 516 g/mol. The van der Waals surface area contributed by atoms with Crippen molar-refractivity contribution < 1.29 is 14.5 Å². The van der Waals surface area contributed by atoms with Crippen LogP contribution in [-0.4, -0.2) is 44.2 Å². The Morgan fingerprint density at radius 1 is 1.05 bits per heavy atom. The van der Waals surface area contributed by atoms with Gasteiger partial charge in [-0.25, -0.2) is 5.43 Å². The maximum absolute atomic E-state index is 12.5. The molecule has 0 bridgehead atoms. The average molecular weight is 517 g/mol. The van der Waals surface area contributed by atoms with Gasteiger partial charge in [0.1, 0.15) is 5.75 Å². The molecule has 0 aliphatic rings. The Bertz CT molecular complexity index is 1430. The summed E-state index contributed by atoms with van der Waals surface area (Å²) in [4.78, 5) is 22.9. The number of rotatable bonds is 9. The minimum atomic E-state index is -0.468. The minimum absolute atomic E-state index is 0.0111. The summed E-state index contributed by atoms with van der Waals surface area (Å²) in [5.74, 6) is 1.11. The lowest BCUT2D eigenvalue weighted by Gasteiger charge is -2.11. The topological polar surface area (TPSA) is 125 Å². The van der Waals surface area contributed by atoms with Crippen molar-refractivity contribution in [2.75, 3.05) is 12.9 Å². The Kier molecular flexibility index (Phi) is 7.94. The van der Waals surface area contributed by atoms with Crippen molar-refractivity contribution in [3.63, 3.8) is 0 Å². The van der Waals surface area contributed by atoms with Gasteiger partial charge in [0.2, 0.25) is 0 Å². The predicted molar refractivity (Wildman–Crippen MR) is 142 cm³/mol. The highest BCUT2D eigenvalue weighted by Crippen LogP contribution is 2.29. The molecule has 0 saturated heterocycles. The van der Waals surface area contributed by atoms with Gasteiger partial charge in [-0.1, -0.05) is 41.6 Å². The molecule has 4 aromatic rings. The van der Waals surface area contributed by atoms with Crippen molar-refractivity contribution in [2.45, 2.75) is 19.0 Å². The molecule has 0 fully saturated rings. The molecule has 3 aromatic carbocycles. The molecule has 0 aliphatic carbocycles. The van der Waals surface area contributed by atoms with Crippen molar-refractivity contribution in [1.29, 1.82) is 0 Å². The van der Waals surface area contributed by atoms with Crippen molar-refractivity contribution in [3.05, 3.63) is 94.0 Å². The van der Waals surface area contributed by atoms with Gasteiger partial charge in [0.25, 0.3) is 11.6 Å². The number of aryl methyl sites for hydroxylation is 1. The summed E-state index contributed by atoms with van der Waals surface area (Å²) >= 11 is 1.23. The largest absolute Gasteiger partial charge is 0.497 e. The Labute approximate surface area is 217 Å². The first-order chi connectivity index (χ1) is 17.9. The molecular weight excluding hydrogens is 492 g/mol. The summed E-state index contributed by atoms with van der Waals surface area (Å²) < 4.78 is 7.17. The van der Waals surface area contributed by atoms with Crippen LogP contribution < -0.4 is 10.2 Å². The van der Waals surface area contributed by atoms with Crippen molar-refractivity contribution >= 4 is 29.1 Å². The van der Waals surface area contributed by atoms with Crippen LogP contribution in [0, 0.1) is 17.0 Å². The lowest BCUT2D eigenvalue weighted by molar-refractivity contribution is -0.384. The summed E-state index contributed by atoms with van der Waals surface area (Å²) in [5, 5.41) is 24.2. The van der Waals surface area contributed by atoms with Crippen molar-refractivity contribution in [1.82, 2.24) is 20.2 Å². The Balaban J connectivity index is 1.51. The van der Waals surface area contributed by atoms with Gasteiger partial charge < -0.3 is 4.74 Å². The number of nitrogens with one attached hydrogen (secondary N) is 1. The number of aromatic nitrogens is 3. The zero-order valence-corrected chi connectivity index (χ0v) is 21.2. The molecule has 0 unspecified atom stereocenters. The van der Waals surface area contributed by atoms with Gasteiger partial charge in [0, 0.05) is 23.4 Å². The highest BCUT2D eigenvalue weighted by molar-refractivity contribution is 7.99. The fourth-order valence-corrected chi connectivity index (χ4v) is 4.16. The number of nitro benzene ring substituents is 1. The molecule has 0 saturated carbocycles. The number of carbonyl (C=O) groups excluding carboxylic acids is 1. The maximum atomic E-state index is 12.5. The van der Waals surface area contributed by atoms with Crippen LogP contribution >= 0.6 is 11.8 Å². The molecule has 0 atom stereocenters. The third kappa shape index (κ3) is 6.19. The molecule has 0 spiro atoms. The quantitative estimate of drug-likeness (QED) is 0.147. The highest BCUT2D eigenvalue weighted by atomic mass is 32.2. The molecule has 188 valence electrons. The lowest BCUT2D eigenvalue weighted by atomic mass is 10.1. The minimum Gasteiger partial charge on any atom is -0.497 e. The summed E-state index contributed by atoms with van der Waals surface area (Å²) in [6.45, 7) is 3.73. The normalized spacial score (nSPS) is 11.3. The first-order valence-corrected chi connectivity index (χ1v) is 12.2. The third-order valence-electron chi connectivity index (χ3n) is 5.45. The highest BCUT2D eigenvalue weighted by Gasteiger charge is 2.17. The number of carbonyl (C=O) groups is 1. The van der Waals surface area contributed by atoms with Gasteiger partial charge in [-0.3, -0.25) is 19.5 Å². The molecule has 1 N–H and O–H groups in total. The summed E-state index contributed by atoms with van der Waals surface area (Å²) in [6, 6.07) is 21.4. The van der Waals surface area contributed by atoms with E-state index in [4.69, 9.17) is 4.74 Å². The number of thioether (sulfide) groups is 1. The molecule has 1 heterocycles. The number of benzene rings is 3. The SMILES string of the molecule is COc1ccc(-n2c(SCC(=O)N/N=C(\C)c3ccc([N+](=O)[O-])cc3)nnc2-c2ccc(C)cc2)cc1. The lowest BCUT2D eigenvalue weighted by Crippen LogP contribution is -2.21. The van der Waals surface area contributed by atoms with Crippen LogP contribution in [0.5, 0.6) is 5.75 Å². The van der Waals surface area contributed by atoms with Gasteiger partial charge in [0.05, 0.1) is 23.5 Å². The van der Waals surface area contributed by atoms with Crippen LogP contribution in [0.15, 0.2) is 83.1 Å². The second-order valence-electron chi connectivity index (χ2n) is 8.03. The van der Waals surface area contributed by atoms with E-state index in [0.29, 0.717) is 22.3 Å². The summed E-state index contributed by atoms with van der Waals surface area (Å²) in [7, 11) is 1.61. The number of hydrogen-bond acceptors (Lipinski definition) is 8. The van der Waals surface area contributed by atoms with E-state index in [2.05, 4.69) is 20.7 Å². The van der Waals surface area contributed by atoms with E-state index in [9.17, 15) is 14.9 Å². The molecule has 37 heavy (non-hydrogen) atoms. The zero-order chi connectivity index (χ0) is 26.4. The summed E-state index contributed by atoms with van der Waals surface area (Å²) in [6.07, 6.45) is 0. The standard InChI is InChI=1S/C26H24N6O4S/c1-17-4-6-20(7-5-17)25-29-30-26(31(25)21-12-14-23(36-3)15-13-21)37-16-24(33)28-27-18(2)19-8-10-22(11-9-19)32(34)35/h4-15H,16H2,1-3H3,(H,28,33)/b27-18+. The van der Waals surface area contributed by atoms with Gasteiger partial charge >= 0.3 is 0 Å². The number of nitrogens with zero attached hydrogens (tertiary/aromatic N) is 5. The fraction of sp³-hybridized carbons (Fsp3) is 0.154. The third-order valence-corrected chi connectivity index (χ3v) is 6.38. The Hall–Kier alpha value is -4.51. The number of amides is 1. The number of methoxy groups -OCH3 is 1. The second kappa shape index (κ2) is 11.5. The van der Waals surface area contributed by atoms with E-state index >= 15 is 0 Å². The van der Waals surface area contributed by atoms with E-state index in [0.717, 1.165) is 22.6 Å². The van der Waals surface area contributed by atoms with Gasteiger partial charge in [-0.15, -0.1) is 10.2 Å². The van der Waals surface area contributed by atoms with Crippen molar-refractivity contribution in [2.24, 2.45) is 5.10 Å². The molecule has 4 rings (SSSR count). The molecule has 0 aliphatic heterocycles. The van der Waals surface area contributed by atoms with E-state index in [-0.39, 0.29) is 17.3 Å². The first kappa shape index (κ1) is 25.6. The molecular formula is C26H24N6O4S. The van der Waals surface area contributed by atoms with Crippen molar-refractivity contribution in [3.8, 4) is 22.8 Å². The van der Waals surface area contributed by atoms with Gasteiger partial charge in [0.15, 0.2) is 11.0 Å². The molecule has 1 aromatic heterocycles. The first-order valence-electron chi connectivity index (χ1n) is 11.2.